The van der Waals surface area contributed by atoms with Crippen molar-refractivity contribution in [2.75, 3.05) is 6.54 Å². The van der Waals surface area contributed by atoms with Crippen molar-refractivity contribution in [3.63, 3.8) is 0 Å². The zero-order valence-corrected chi connectivity index (χ0v) is 13.4. The summed E-state index contributed by atoms with van der Waals surface area (Å²) in [6.07, 6.45) is 1.94. The van der Waals surface area contributed by atoms with Crippen molar-refractivity contribution in [3.05, 3.63) is 77.9 Å². The molecule has 1 aromatic heterocycles. The van der Waals surface area contributed by atoms with Gasteiger partial charge < -0.3 is 5.11 Å². The van der Waals surface area contributed by atoms with E-state index >= 15 is 0 Å². The normalized spacial score (nSPS) is 18.1. The van der Waals surface area contributed by atoms with Crippen molar-refractivity contribution in [1.29, 1.82) is 0 Å². The first kappa shape index (κ1) is 15.1. The summed E-state index contributed by atoms with van der Waals surface area (Å²) in [6.45, 7) is 2.35. The van der Waals surface area contributed by atoms with Crippen LogP contribution in [0.2, 0.25) is 0 Å². The Morgan fingerprint density at radius 3 is 2.71 bits per heavy atom. The van der Waals surface area contributed by atoms with Crippen molar-refractivity contribution in [3.8, 4) is 5.69 Å². The van der Waals surface area contributed by atoms with Crippen LogP contribution in [0.15, 0.2) is 60.9 Å². The van der Waals surface area contributed by atoms with Crippen molar-refractivity contribution >= 4 is 0 Å². The number of para-hydroxylation sites is 1. The van der Waals surface area contributed by atoms with Crippen LogP contribution < -0.4 is 0 Å². The third-order valence-corrected chi connectivity index (χ3v) is 4.51. The van der Waals surface area contributed by atoms with Gasteiger partial charge in [0.05, 0.1) is 18.3 Å². The van der Waals surface area contributed by atoms with E-state index in [0.29, 0.717) is 6.54 Å². The molecule has 0 saturated heterocycles. The highest BCUT2D eigenvalue weighted by atomic mass is 16.3. The van der Waals surface area contributed by atoms with Gasteiger partial charge in [0.2, 0.25) is 0 Å². The third-order valence-electron chi connectivity index (χ3n) is 4.51. The summed E-state index contributed by atoms with van der Waals surface area (Å²) in [4.78, 5) is 6.76. The fraction of sp³-hybridized carbons (Fsp3) is 0.263. The van der Waals surface area contributed by atoms with E-state index in [1.54, 1.807) is 6.33 Å². The van der Waals surface area contributed by atoms with E-state index < -0.39 is 6.10 Å². The van der Waals surface area contributed by atoms with Gasteiger partial charge in [0.1, 0.15) is 12.2 Å². The minimum Gasteiger partial charge on any atom is -0.388 e. The fourth-order valence-electron chi connectivity index (χ4n) is 3.28. The quantitative estimate of drug-likeness (QED) is 0.806. The number of aliphatic hydroxyl groups excluding tert-OH is 1. The molecule has 0 saturated carbocycles. The van der Waals surface area contributed by atoms with Gasteiger partial charge in [-0.25, -0.2) is 9.67 Å². The van der Waals surface area contributed by atoms with Crippen LogP contribution in [0.4, 0.5) is 0 Å². The van der Waals surface area contributed by atoms with Crippen LogP contribution >= 0.6 is 0 Å². The minimum atomic E-state index is -0.391. The molecule has 2 heterocycles. The molecule has 1 N–H and O–H groups in total. The van der Waals surface area contributed by atoms with Crippen molar-refractivity contribution in [2.24, 2.45) is 0 Å². The molecular formula is C19H20N4O. The molecule has 1 aliphatic rings. The average Bonchev–Trinajstić information content (AvgIpc) is 3.02. The number of nitrogens with zero attached hydrogens (tertiary/aromatic N) is 4. The molecule has 3 aromatic rings. The zero-order valence-electron chi connectivity index (χ0n) is 13.4. The highest BCUT2D eigenvalue weighted by Gasteiger charge is 2.21. The van der Waals surface area contributed by atoms with Crippen molar-refractivity contribution in [2.45, 2.75) is 25.6 Å². The molecule has 5 nitrogen and oxygen atoms in total. The Morgan fingerprint density at radius 1 is 1.04 bits per heavy atom. The smallest absolute Gasteiger partial charge is 0.146 e. The predicted octanol–water partition coefficient (Wildman–Crippen LogP) is 2.71. The molecule has 0 bridgehead atoms. The zero-order chi connectivity index (χ0) is 16.4. The van der Waals surface area contributed by atoms with Crippen LogP contribution in [-0.2, 0) is 13.1 Å². The highest BCUT2D eigenvalue weighted by molar-refractivity contribution is 5.31. The molecule has 5 heteroatoms. The van der Waals surface area contributed by atoms with Gasteiger partial charge in [-0.15, -0.1) is 0 Å². The Morgan fingerprint density at radius 2 is 1.83 bits per heavy atom. The van der Waals surface area contributed by atoms with E-state index in [1.807, 2.05) is 53.2 Å². The Balaban J connectivity index is 1.58. The third kappa shape index (κ3) is 2.96. The fourth-order valence-corrected chi connectivity index (χ4v) is 3.28. The number of rotatable bonds is 3. The topological polar surface area (TPSA) is 54.2 Å². The number of fused-ring (bicyclic) bond motifs is 1. The van der Waals surface area contributed by atoms with Crippen LogP contribution in [0.1, 0.15) is 29.5 Å². The van der Waals surface area contributed by atoms with E-state index in [9.17, 15) is 5.11 Å². The first-order valence-electron chi connectivity index (χ1n) is 8.24. The van der Waals surface area contributed by atoms with Gasteiger partial charge in [-0.3, -0.25) is 4.90 Å². The lowest BCUT2D eigenvalue weighted by Crippen LogP contribution is -2.25. The van der Waals surface area contributed by atoms with Crippen LogP contribution in [0.3, 0.4) is 0 Å². The lowest BCUT2D eigenvalue weighted by atomic mass is 10.0. The van der Waals surface area contributed by atoms with Gasteiger partial charge in [-0.1, -0.05) is 42.5 Å². The first-order valence-corrected chi connectivity index (χ1v) is 8.24. The van der Waals surface area contributed by atoms with Crippen LogP contribution in [0.5, 0.6) is 0 Å². The molecular weight excluding hydrogens is 300 g/mol. The summed E-state index contributed by atoms with van der Waals surface area (Å²) in [5, 5.41) is 14.7. The number of hydrogen-bond donors (Lipinski definition) is 1. The maximum Gasteiger partial charge on any atom is 0.146 e. The largest absolute Gasteiger partial charge is 0.388 e. The van der Waals surface area contributed by atoms with E-state index in [-0.39, 0.29) is 0 Å². The van der Waals surface area contributed by atoms with Crippen molar-refractivity contribution < 1.29 is 5.11 Å². The molecule has 0 fully saturated rings. The predicted molar refractivity (Wildman–Crippen MR) is 91.5 cm³/mol. The molecule has 0 radical (unpaired) electrons. The number of aromatic nitrogens is 3. The summed E-state index contributed by atoms with van der Waals surface area (Å²) in [6, 6.07) is 18.2. The van der Waals surface area contributed by atoms with E-state index in [2.05, 4.69) is 21.0 Å². The second-order valence-corrected chi connectivity index (χ2v) is 6.14. The Kier molecular flexibility index (Phi) is 4.11. The van der Waals surface area contributed by atoms with Crippen molar-refractivity contribution in [1.82, 2.24) is 19.7 Å². The van der Waals surface area contributed by atoms with E-state index in [1.165, 1.54) is 5.56 Å². The maximum absolute atomic E-state index is 10.4. The molecule has 0 amide bonds. The van der Waals surface area contributed by atoms with Gasteiger partial charge in [-0.05, 0) is 29.7 Å². The minimum absolute atomic E-state index is 0.391. The SMILES string of the molecule is OC1CCN(Cc2ncnn2-c2ccccc2)Cc2ccccc21. The van der Waals surface area contributed by atoms with Crippen LogP contribution in [0, 0.1) is 0 Å². The molecule has 2 aromatic carbocycles. The number of benzene rings is 2. The molecule has 24 heavy (non-hydrogen) atoms. The molecule has 4 rings (SSSR count). The second kappa shape index (κ2) is 6.55. The van der Waals surface area contributed by atoms with Crippen LogP contribution in [-0.4, -0.2) is 31.3 Å². The maximum atomic E-state index is 10.4. The first-order chi connectivity index (χ1) is 11.8. The van der Waals surface area contributed by atoms with E-state index in [4.69, 9.17) is 0 Å². The summed E-state index contributed by atoms with van der Waals surface area (Å²) in [5.74, 6) is 0.912. The molecule has 122 valence electrons. The lowest BCUT2D eigenvalue weighted by molar-refractivity contribution is 0.148. The average molecular weight is 320 g/mol. The van der Waals surface area contributed by atoms with E-state index in [0.717, 1.165) is 36.6 Å². The Labute approximate surface area is 141 Å². The summed E-state index contributed by atoms with van der Waals surface area (Å²) in [5.41, 5.74) is 3.25. The Bertz CT molecular complexity index is 815. The number of aliphatic hydroxyl groups is 1. The molecule has 1 atom stereocenters. The molecule has 0 spiro atoms. The molecule has 1 aliphatic heterocycles. The van der Waals surface area contributed by atoms with Crippen LogP contribution in [0.25, 0.3) is 5.69 Å². The van der Waals surface area contributed by atoms with Gasteiger partial charge in [0.15, 0.2) is 0 Å². The Hall–Kier alpha value is -2.50. The van der Waals surface area contributed by atoms with Gasteiger partial charge in [0, 0.05) is 13.1 Å². The second-order valence-electron chi connectivity index (χ2n) is 6.14. The number of hydrogen-bond acceptors (Lipinski definition) is 4. The van der Waals surface area contributed by atoms with Gasteiger partial charge in [-0.2, -0.15) is 5.10 Å². The standard InChI is InChI=1S/C19H20N4O/c24-18-10-11-22(12-15-6-4-5-9-17(15)18)13-19-20-14-21-23(19)16-7-2-1-3-8-16/h1-9,14,18,24H,10-13H2. The summed E-state index contributed by atoms with van der Waals surface area (Å²) in [7, 11) is 0. The highest BCUT2D eigenvalue weighted by Crippen LogP contribution is 2.27. The summed E-state index contributed by atoms with van der Waals surface area (Å²) < 4.78 is 1.88. The molecule has 0 aliphatic carbocycles. The molecule has 1 unspecified atom stereocenters. The van der Waals surface area contributed by atoms with Gasteiger partial charge in [0.25, 0.3) is 0 Å². The lowest BCUT2D eigenvalue weighted by Gasteiger charge is -2.20. The summed E-state index contributed by atoms with van der Waals surface area (Å²) >= 11 is 0. The monoisotopic (exact) mass is 320 g/mol. The van der Waals surface area contributed by atoms with Gasteiger partial charge >= 0.3 is 0 Å².